The van der Waals surface area contributed by atoms with Crippen molar-refractivity contribution < 1.29 is 9.13 Å². The molecule has 0 spiro atoms. The lowest BCUT2D eigenvalue weighted by atomic mass is 10.0. The number of hydrogen-bond donors (Lipinski definition) is 0. The number of rotatable bonds is 3. The zero-order chi connectivity index (χ0) is 16.6. The summed E-state index contributed by atoms with van der Waals surface area (Å²) in [7, 11) is 2.98. The van der Waals surface area contributed by atoms with Gasteiger partial charge in [0, 0.05) is 12.6 Å². The highest BCUT2D eigenvalue weighted by Crippen LogP contribution is 2.37. The van der Waals surface area contributed by atoms with E-state index >= 15 is 0 Å². The summed E-state index contributed by atoms with van der Waals surface area (Å²) in [6.07, 6.45) is 0. The molecular weight excluding hydrogens is 323 g/mol. The molecule has 0 fully saturated rings. The van der Waals surface area contributed by atoms with Crippen molar-refractivity contribution in [2.45, 2.75) is 0 Å². The Morgan fingerprint density at radius 3 is 2.43 bits per heavy atom. The van der Waals surface area contributed by atoms with Crippen LogP contribution >= 0.6 is 11.6 Å². The van der Waals surface area contributed by atoms with Gasteiger partial charge >= 0.3 is 5.69 Å². The predicted molar refractivity (Wildman–Crippen MR) is 83.6 cm³/mol. The Labute approximate surface area is 135 Å². The molecule has 1 heterocycles. The summed E-state index contributed by atoms with van der Waals surface area (Å²) in [6.45, 7) is 0. The van der Waals surface area contributed by atoms with E-state index < -0.39 is 5.82 Å². The Bertz CT molecular complexity index is 918. The van der Waals surface area contributed by atoms with Crippen molar-refractivity contribution in [1.82, 2.24) is 19.8 Å². The molecule has 0 saturated heterocycles. The van der Waals surface area contributed by atoms with Crippen molar-refractivity contribution in [1.29, 1.82) is 0 Å². The molecule has 0 saturated carbocycles. The lowest BCUT2D eigenvalue weighted by Gasteiger charge is -2.11. The molecule has 3 aromatic rings. The Kier molecular flexibility index (Phi) is 3.87. The fraction of sp³-hybridized carbons (Fsp3) is 0.133. The SMILES string of the molecule is COc1c(Cl)cc(F)cc1-c1ccc(-n2nnn(C)c2=O)cc1. The van der Waals surface area contributed by atoms with Gasteiger partial charge in [0.25, 0.3) is 0 Å². The molecule has 0 unspecified atom stereocenters. The van der Waals surface area contributed by atoms with E-state index in [4.69, 9.17) is 16.3 Å². The fourth-order valence-corrected chi connectivity index (χ4v) is 2.52. The molecular formula is C15H12ClFN4O2. The standard InChI is InChI=1S/C15H12ClFN4O2/c1-20-15(22)21(19-18-20)11-5-3-9(4-6-11)12-7-10(17)8-13(16)14(12)23-2/h3-8H,1-2H3. The summed E-state index contributed by atoms with van der Waals surface area (Å²) < 4.78 is 21.2. The average molecular weight is 335 g/mol. The number of halogens is 2. The van der Waals surface area contributed by atoms with Crippen LogP contribution in [0.25, 0.3) is 16.8 Å². The first kappa shape index (κ1) is 15.2. The monoisotopic (exact) mass is 334 g/mol. The van der Waals surface area contributed by atoms with E-state index in [-0.39, 0.29) is 10.7 Å². The third-order valence-corrected chi connectivity index (χ3v) is 3.64. The lowest BCUT2D eigenvalue weighted by molar-refractivity contribution is 0.415. The molecule has 2 aromatic carbocycles. The molecule has 0 aliphatic rings. The number of nitrogens with zero attached hydrogens (tertiary/aromatic N) is 4. The topological polar surface area (TPSA) is 61.9 Å². The minimum absolute atomic E-state index is 0.191. The first-order chi connectivity index (χ1) is 11.0. The maximum atomic E-state index is 13.6. The molecule has 23 heavy (non-hydrogen) atoms. The van der Waals surface area contributed by atoms with E-state index in [0.29, 0.717) is 22.6 Å². The van der Waals surface area contributed by atoms with Crippen LogP contribution < -0.4 is 10.4 Å². The maximum absolute atomic E-state index is 13.6. The molecule has 118 valence electrons. The number of ether oxygens (including phenoxy) is 1. The second-order valence-corrected chi connectivity index (χ2v) is 5.22. The maximum Gasteiger partial charge on any atom is 0.368 e. The quantitative estimate of drug-likeness (QED) is 0.738. The van der Waals surface area contributed by atoms with Gasteiger partial charge in [-0.3, -0.25) is 0 Å². The van der Waals surface area contributed by atoms with Crippen molar-refractivity contribution >= 4 is 11.6 Å². The van der Waals surface area contributed by atoms with Gasteiger partial charge in [0.05, 0.1) is 17.8 Å². The molecule has 1 aromatic heterocycles. The Morgan fingerprint density at radius 2 is 1.87 bits per heavy atom. The van der Waals surface area contributed by atoms with Crippen molar-refractivity contribution in [2.75, 3.05) is 7.11 Å². The van der Waals surface area contributed by atoms with Crippen LogP contribution in [0.2, 0.25) is 5.02 Å². The predicted octanol–water partition coefficient (Wildman–Crippen LogP) is 2.43. The molecule has 8 heteroatoms. The molecule has 0 atom stereocenters. The number of aryl methyl sites for hydroxylation is 1. The molecule has 0 amide bonds. The summed E-state index contributed by atoms with van der Waals surface area (Å²) in [5.41, 5.74) is 1.41. The third-order valence-electron chi connectivity index (χ3n) is 3.36. The van der Waals surface area contributed by atoms with E-state index in [1.54, 1.807) is 24.3 Å². The minimum Gasteiger partial charge on any atom is -0.495 e. The second-order valence-electron chi connectivity index (χ2n) is 4.81. The van der Waals surface area contributed by atoms with Gasteiger partial charge in [-0.25, -0.2) is 9.18 Å². The largest absolute Gasteiger partial charge is 0.495 e. The van der Waals surface area contributed by atoms with Crippen LogP contribution in [-0.4, -0.2) is 26.9 Å². The Morgan fingerprint density at radius 1 is 1.17 bits per heavy atom. The summed E-state index contributed by atoms with van der Waals surface area (Å²) >= 11 is 6.00. The van der Waals surface area contributed by atoms with E-state index in [2.05, 4.69) is 10.4 Å². The molecule has 0 aliphatic carbocycles. The summed E-state index contributed by atoms with van der Waals surface area (Å²) in [4.78, 5) is 11.8. The van der Waals surface area contributed by atoms with Gasteiger partial charge < -0.3 is 4.74 Å². The molecule has 0 bridgehead atoms. The van der Waals surface area contributed by atoms with Gasteiger partial charge in [0.15, 0.2) is 0 Å². The zero-order valence-corrected chi connectivity index (χ0v) is 13.1. The Balaban J connectivity index is 2.07. The van der Waals surface area contributed by atoms with Crippen LogP contribution in [0.1, 0.15) is 0 Å². The van der Waals surface area contributed by atoms with Crippen LogP contribution in [0.5, 0.6) is 5.75 Å². The van der Waals surface area contributed by atoms with E-state index in [1.807, 2.05) is 0 Å². The summed E-state index contributed by atoms with van der Waals surface area (Å²) in [6, 6.07) is 9.35. The summed E-state index contributed by atoms with van der Waals surface area (Å²) in [5.74, 6) is -0.0718. The van der Waals surface area contributed by atoms with Crippen LogP contribution in [0.3, 0.4) is 0 Å². The number of aromatic nitrogens is 4. The first-order valence-corrected chi connectivity index (χ1v) is 7.02. The Hall–Kier alpha value is -2.67. The number of tetrazole rings is 1. The minimum atomic E-state index is -0.458. The zero-order valence-electron chi connectivity index (χ0n) is 12.3. The molecule has 0 radical (unpaired) electrons. The highest BCUT2D eigenvalue weighted by Gasteiger charge is 2.13. The van der Waals surface area contributed by atoms with Crippen molar-refractivity contribution in [2.24, 2.45) is 7.05 Å². The average Bonchev–Trinajstić information content (AvgIpc) is 2.86. The van der Waals surface area contributed by atoms with Gasteiger partial charge in [-0.1, -0.05) is 23.7 Å². The summed E-state index contributed by atoms with van der Waals surface area (Å²) in [5, 5.41) is 7.61. The van der Waals surface area contributed by atoms with E-state index in [1.165, 1.54) is 31.0 Å². The van der Waals surface area contributed by atoms with E-state index in [9.17, 15) is 9.18 Å². The van der Waals surface area contributed by atoms with Gasteiger partial charge in [-0.15, -0.1) is 0 Å². The smallest absolute Gasteiger partial charge is 0.368 e. The van der Waals surface area contributed by atoms with Crippen LogP contribution in [0.15, 0.2) is 41.2 Å². The molecule has 6 nitrogen and oxygen atoms in total. The van der Waals surface area contributed by atoms with Crippen molar-refractivity contribution in [3.05, 3.63) is 57.7 Å². The van der Waals surface area contributed by atoms with Gasteiger partial charge in [0.1, 0.15) is 11.6 Å². The van der Waals surface area contributed by atoms with Crippen LogP contribution in [-0.2, 0) is 7.05 Å². The van der Waals surface area contributed by atoms with Gasteiger partial charge in [-0.2, -0.15) is 9.36 Å². The normalized spacial score (nSPS) is 10.8. The molecule has 0 aliphatic heterocycles. The third kappa shape index (κ3) is 2.70. The number of hydrogen-bond acceptors (Lipinski definition) is 4. The van der Waals surface area contributed by atoms with Gasteiger partial charge in [0.2, 0.25) is 0 Å². The second kappa shape index (κ2) is 5.85. The van der Waals surface area contributed by atoms with Crippen molar-refractivity contribution in [3.8, 4) is 22.6 Å². The lowest BCUT2D eigenvalue weighted by Crippen LogP contribution is -2.21. The van der Waals surface area contributed by atoms with Gasteiger partial charge in [-0.05, 0) is 40.3 Å². The highest BCUT2D eigenvalue weighted by atomic mass is 35.5. The fourth-order valence-electron chi connectivity index (χ4n) is 2.24. The molecule has 0 N–H and O–H groups in total. The number of methoxy groups -OCH3 is 1. The number of benzene rings is 2. The van der Waals surface area contributed by atoms with Crippen LogP contribution in [0.4, 0.5) is 4.39 Å². The van der Waals surface area contributed by atoms with E-state index in [0.717, 1.165) is 4.68 Å². The van der Waals surface area contributed by atoms with Crippen LogP contribution in [0, 0.1) is 5.82 Å². The first-order valence-electron chi connectivity index (χ1n) is 6.64. The molecule has 3 rings (SSSR count). The van der Waals surface area contributed by atoms with Crippen molar-refractivity contribution in [3.63, 3.8) is 0 Å². The highest BCUT2D eigenvalue weighted by molar-refractivity contribution is 6.32.